The number of hydrogen-bond acceptors (Lipinski definition) is 3. The second-order valence-corrected chi connectivity index (χ2v) is 4.39. The first kappa shape index (κ1) is 13.4. The van der Waals surface area contributed by atoms with Crippen molar-refractivity contribution in [1.29, 1.82) is 0 Å². The van der Waals surface area contributed by atoms with Gasteiger partial charge < -0.3 is 5.73 Å². The highest BCUT2D eigenvalue weighted by molar-refractivity contribution is 7.88. The van der Waals surface area contributed by atoms with Gasteiger partial charge in [0.15, 0.2) is 0 Å². The summed E-state index contributed by atoms with van der Waals surface area (Å²) >= 11 is 0. The lowest BCUT2D eigenvalue weighted by molar-refractivity contribution is 0.597. The van der Waals surface area contributed by atoms with Crippen LogP contribution in [0.4, 0.5) is 0 Å². The van der Waals surface area contributed by atoms with Crippen LogP contribution in [0.5, 0.6) is 0 Å². The molecule has 0 aromatic heterocycles. The first-order valence-electron chi connectivity index (χ1n) is 3.80. The first-order valence-corrected chi connectivity index (χ1v) is 5.52. The van der Waals surface area contributed by atoms with E-state index in [1.807, 2.05) is 6.07 Å². The van der Waals surface area contributed by atoms with E-state index >= 15 is 0 Å². The molecule has 0 saturated carbocycles. The number of sulfonamides is 1. The molecule has 0 atom stereocenters. The van der Waals surface area contributed by atoms with Gasteiger partial charge >= 0.3 is 0 Å². The maximum atomic E-state index is 10.8. The maximum Gasteiger partial charge on any atom is 0.213 e. The summed E-state index contributed by atoms with van der Waals surface area (Å²) < 4.78 is 21.6. The Morgan fingerprint density at radius 3 is 2.07 bits per heavy atom. The fraction of sp³-hybridized carbons (Fsp3) is 0.250. The lowest BCUT2D eigenvalue weighted by Crippen LogP contribution is -2.16. The molecule has 0 spiro atoms. The Labute approximate surface area is 89.8 Å². The zero-order valence-corrected chi connectivity index (χ0v) is 9.14. The Morgan fingerprint density at radius 2 is 1.64 bits per heavy atom. The van der Waals surface area contributed by atoms with Crippen LogP contribution >= 0.6 is 12.4 Å². The van der Waals surface area contributed by atoms with Gasteiger partial charge in [-0.3, -0.25) is 0 Å². The van der Waals surface area contributed by atoms with Crippen molar-refractivity contribution in [1.82, 2.24) is 0 Å². The van der Waals surface area contributed by atoms with Crippen molar-refractivity contribution in [2.75, 3.05) is 0 Å². The molecule has 80 valence electrons. The number of rotatable bonds is 3. The lowest BCUT2D eigenvalue weighted by Gasteiger charge is -2.04. The largest absolute Gasteiger partial charge is 0.326 e. The molecule has 4 nitrogen and oxygen atoms in total. The van der Waals surface area contributed by atoms with Crippen molar-refractivity contribution in [3.8, 4) is 0 Å². The van der Waals surface area contributed by atoms with Crippen LogP contribution in [-0.2, 0) is 22.3 Å². The molecule has 0 unspecified atom stereocenters. The normalized spacial score (nSPS) is 10.7. The summed E-state index contributed by atoms with van der Waals surface area (Å²) in [6.07, 6.45) is 0. The maximum absolute atomic E-state index is 10.8. The van der Waals surface area contributed by atoms with Crippen LogP contribution in [0, 0.1) is 0 Å². The average molecular weight is 237 g/mol. The summed E-state index contributed by atoms with van der Waals surface area (Å²) in [5.41, 5.74) is 6.92. The van der Waals surface area contributed by atoms with E-state index in [1.165, 1.54) is 0 Å². The number of primary sulfonamides is 1. The quantitative estimate of drug-likeness (QED) is 0.794. The van der Waals surface area contributed by atoms with E-state index in [1.54, 1.807) is 18.2 Å². The molecule has 0 bridgehead atoms. The van der Waals surface area contributed by atoms with Gasteiger partial charge in [0.05, 0.1) is 5.75 Å². The van der Waals surface area contributed by atoms with Gasteiger partial charge in [-0.05, 0) is 11.1 Å². The van der Waals surface area contributed by atoms with Crippen LogP contribution in [-0.4, -0.2) is 8.42 Å². The molecule has 0 aliphatic heterocycles. The molecule has 1 aromatic rings. The van der Waals surface area contributed by atoms with E-state index in [2.05, 4.69) is 0 Å². The molecule has 0 radical (unpaired) electrons. The monoisotopic (exact) mass is 236 g/mol. The molecule has 0 aliphatic rings. The molecule has 0 saturated heterocycles. The third-order valence-electron chi connectivity index (χ3n) is 1.69. The number of benzene rings is 1. The Kier molecular flexibility index (Phi) is 5.07. The molecule has 1 aromatic carbocycles. The van der Waals surface area contributed by atoms with E-state index in [-0.39, 0.29) is 18.2 Å². The van der Waals surface area contributed by atoms with Crippen LogP contribution in [0.1, 0.15) is 11.1 Å². The van der Waals surface area contributed by atoms with E-state index in [0.717, 1.165) is 5.56 Å². The second kappa shape index (κ2) is 5.31. The van der Waals surface area contributed by atoms with Crippen molar-refractivity contribution in [2.45, 2.75) is 12.3 Å². The molecular weight excluding hydrogens is 224 g/mol. The van der Waals surface area contributed by atoms with Gasteiger partial charge in [-0.1, -0.05) is 24.3 Å². The summed E-state index contributed by atoms with van der Waals surface area (Å²) in [6, 6.07) is 7.08. The molecule has 4 N–H and O–H groups in total. The lowest BCUT2D eigenvalue weighted by atomic mass is 10.1. The van der Waals surface area contributed by atoms with Crippen LogP contribution in [0.3, 0.4) is 0 Å². The molecule has 0 heterocycles. The van der Waals surface area contributed by atoms with Crippen molar-refractivity contribution in [3.63, 3.8) is 0 Å². The fourth-order valence-corrected chi connectivity index (χ4v) is 1.83. The fourth-order valence-electron chi connectivity index (χ4n) is 1.11. The van der Waals surface area contributed by atoms with Gasteiger partial charge in [-0.2, -0.15) is 0 Å². The van der Waals surface area contributed by atoms with Gasteiger partial charge in [0.2, 0.25) is 10.0 Å². The van der Waals surface area contributed by atoms with Gasteiger partial charge in [0.25, 0.3) is 0 Å². The summed E-state index contributed by atoms with van der Waals surface area (Å²) in [5.74, 6) is -0.152. The van der Waals surface area contributed by atoms with Gasteiger partial charge in [-0.25, -0.2) is 13.6 Å². The molecule has 14 heavy (non-hydrogen) atoms. The predicted molar refractivity (Wildman–Crippen MR) is 58.4 cm³/mol. The van der Waals surface area contributed by atoms with Gasteiger partial charge in [-0.15, -0.1) is 12.4 Å². The van der Waals surface area contributed by atoms with Gasteiger partial charge in [0.1, 0.15) is 0 Å². The number of halogens is 1. The van der Waals surface area contributed by atoms with Crippen LogP contribution in [0.2, 0.25) is 0 Å². The Balaban J connectivity index is 0.00000169. The third-order valence-corrected chi connectivity index (χ3v) is 2.41. The summed E-state index contributed by atoms with van der Waals surface area (Å²) in [7, 11) is -3.47. The predicted octanol–water partition coefficient (Wildman–Crippen LogP) is 0.356. The molecule has 0 fully saturated rings. The smallest absolute Gasteiger partial charge is 0.213 e. The van der Waals surface area contributed by atoms with Crippen molar-refractivity contribution >= 4 is 22.4 Å². The minimum absolute atomic E-state index is 0. The molecule has 6 heteroatoms. The minimum Gasteiger partial charge on any atom is -0.326 e. The standard InChI is InChI=1S/C8H12N2O2S.ClH/c9-5-7-3-1-2-4-8(7)6-13(10,11)12;/h1-4H,5-6,9H2,(H2,10,11,12);1H. The summed E-state index contributed by atoms with van der Waals surface area (Å²) in [6.45, 7) is 0.325. The number of hydrogen-bond donors (Lipinski definition) is 2. The molecular formula is C8H13ClN2O2S. The minimum atomic E-state index is -3.47. The highest BCUT2D eigenvalue weighted by Crippen LogP contribution is 2.10. The Hall–Kier alpha value is -0.620. The third kappa shape index (κ3) is 4.06. The topological polar surface area (TPSA) is 86.2 Å². The van der Waals surface area contributed by atoms with Crippen molar-refractivity contribution in [2.24, 2.45) is 10.9 Å². The highest BCUT2D eigenvalue weighted by atomic mass is 35.5. The number of nitrogens with two attached hydrogens (primary N) is 2. The van der Waals surface area contributed by atoms with E-state index in [0.29, 0.717) is 12.1 Å². The van der Waals surface area contributed by atoms with Crippen molar-refractivity contribution < 1.29 is 8.42 Å². The second-order valence-electron chi connectivity index (χ2n) is 2.78. The Morgan fingerprint density at radius 1 is 1.14 bits per heavy atom. The molecule has 1 rings (SSSR count). The Bertz CT molecular complexity index is 392. The van der Waals surface area contributed by atoms with E-state index in [9.17, 15) is 8.42 Å². The highest BCUT2D eigenvalue weighted by Gasteiger charge is 2.07. The summed E-state index contributed by atoms with van der Waals surface area (Å²) in [4.78, 5) is 0. The van der Waals surface area contributed by atoms with E-state index in [4.69, 9.17) is 10.9 Å². The molecule has 0 aliphatic carbocycles. The van der Waals surface area contributed by atoms with Crippen LogP contribution in [0.25, 0.3) is 0 Å². The van der Waals surface area contributed by atoms with Crippen LogP contribution < -0.4 is 10.9 Å². The SMILES string of the molecule is Cl.NCc1ccccc1CS(N)(=O)=O. The average Bonchev–Trinajstić information content (AvgIpc) is 2.02. The zero-order valence-electron chi connectivity index (χ0n) is 7.51. The molecule has 0 amide bonds. The summed E-state index contributed by atoms with van der Waals surface area (Å²) in [5, 5.41) is 4.92. The van der Waals surface area contributed by atoms with Crippen LogP contribution in [0.15, 0.2) is 24.3 Å². The van der Waals surface area contributed by atoms with Crippen molar-refractivity contribution in [3.05, 3.63) is 35.4 Å². The zero-order chi connectivity index (χ0) is 9.90. The first-order chi connectivity index (χ1) is 6.03. The van der Waals surface area contributed by atoms with E-state index < -0.39 is 10.0 Å². The van der Waals surface area contributed by atoms with Gasteiger partial charge in [0, 0.05) is 6.54 Å².